The zero-order chi connectivity index (χ0) is 45.2. The largest absolute Gasteiger partial charge is 0.462 e. The van der Waals surface area contributed by atoms with Crippen molar-refractivity contribution in [3.8, 4) is 0 Å². The van der Waals surface area contributed by atoms with Gasteiger partial charge in [0.25, 0.3) is 0 Å². The predicted octanol–water partition coefficient (Wildman–Crippen LogP) is 18.2. The van der Waals surface area contributed by atoms with Crippen LogP contribution in [0.1, 0.15) is 317 Å². The molecule has 0 saturated carbocycles. The number of hydrogen-bond donors (Lipinski definition) is 0. The average molecular weight is 877 g/mol. The summed E-state index contributed by atoms with van der Waals surface area (Å²) in [5.41, 5.74) is 0. The topological polar surface area (TPSA) is 78.9 Å². The molecule has 6 nitrogen and oxygen atoms in total. The molecule has 0 aliphatic heterocycles. The fraction of sp³-hybridized carbons (Fsp3) is 0.946. The molecule has 0 amide bonds. The maximum absolute atomic E-state index is 12.8. The first-order chi connectivity index (χ1) is 30.4. The first kappa shape index (κ1) is 60.4. The Labute approximate surface area is 387 Å². The molecule has 0 heterocycles. The molecule has 1 atom stereocenters. The van der Waals surface area contributed by atoms with Crippen molar-refractivity contribution < 1.29 is 28.6 Å². The molecular formula is C56H108O6. The number of carbonyl (C=O) groups excluding carboxylic acids is 3. The summed E-state index contributed by atoms with van der Waals surface area (Å²) in [6, 6.07) is 0. The minimum absolute atomic E-state index is 0.0626. The zero-order valence-electron chi connectivity index (χ0n) is 42.3. The normalized spacial score (nSPS) is 12.0. The summed E-state index contributed by atoms with van der Waals surface area (Å²) < 4.78 is 16.8. The molecule has 0 fully saturated rings. The first-order valence-electron chi connectivity index (χ1n) is 27.9. The molecule has 0 unspecified atom stereocenters. The second-order valence-corrected chi connectivity index (χ2v) is 19.7. The number of hydrogen-bond acceptors (Lipinski definition) is 6. The van der Waals surface area contributed by atoms with Crippen molar-refractivity contribution in [2.75, 3.05) is 13.2 Å². The Hall–Kier alpha value is -1.59. The molecule has 0 spiro atoms. The van der Waals surface area contributed by atoms with Gasteiger partial charge in [-0.1, -0.05) is 278 Å². The summed E-state index contributed by atoms with van der Waals surface area (Å²) >= 11 is 0. The number of esters is 3. The second kappa shape index (κ2) is 50.4. The van der Waals surface area contributed by atoms with E-state index in [0.717, 1.165) is 63.7 Å². The summed E-state index contributed by atoms with van der Waals surface area (Å²) in [4.78, 5) is 38.0. The molecule has 0 radical (unpaired) electrons. The van der Waals surface area contributed by atoms with Crippen molar-refractivity contribution in [2.24, 2.45) is 5.92 Å². The zero-order valence-corrected chi connectivity index (χ0v) is 42.3. The minimum Gasteiger partial charge on any atom is -0.462 e. The standard InChI is InChI=1S/C56H108O6/c1-5-7-9-11-13-15-17-19-21-22-23-24-25-27-28-30-35-39-43-47-54(57)60-50-53(51-61-55(58)48-44-40-36-33-32-34-38-42-46-52(3)4)62-56(59)49-45-41-37-31-29-26-20-18-16-14-12-10-8-6-2/h52-53H,5-51H2,1-4H3/t53-/m1/s1. The molecular weight excluding hydrogens is 769 g/mol. The monoisotopic (exact) mass is 877 g/mol. The first-order valence-corrected chi connectivity index (χ1v) is 27.9. The van der Waals surface area contributed by atoms with Crippen molar-refractivity contribution in [2.45, 2.75) is 323 Å². The molecule has 0 aromatic carbocycles. The van der Waals surface area contributed by atoms with E-state index >= 15 is 0 Å². The third kappa shape index (κ3) is 49.4. The quantitative estimate of drug-likeness (QED) is 0.0344. The number of unbranched alkanes of at least 4 members (excludes halogenated alkanes) is 38. The fourth-order valence-electron chi connectivity index (χ4n) is 8.57. The summed E-state index contributed by atoms with van der Waals surface area (Å²) in [5.74, 6) is -0.0450. The van der Waals surface area contributed by atoms with E-state index in [1.807, 2.05) is 0 Å². The molecule has 0 aromatic rings. The maximum Gasteiger partial charge on any atom is 0.306 e. The van der Waals surface area contributed by atoms with Gasteiger partial charge in [-0.15, -0.1) is 0 Å². The van der Waals surface area contributed by atoms with E-state index in [9.17, 15) is 14.4 Å². The smallest absolute Gasteiger partial charge is 0.306 e. The molecule has 0 aliphatic carbocycles. The lowest BCUT2D eigenvalue weighted by Gasteiger charge is -2.18. The van der Waals surface area contributed by atoms with Gasteiger partial charge in [0, 0.05) is 19.3 Å². The van der Waals surface area contributed by atoms with Crippen molar-refractivity contribution >= 4 is 17.9 Å². The second-order valence-electron chi connectivity index (χ2n) is 19.7. The maximum atomic E-state index is 12.8. The lowest BCUT2D eigenvalue weighted by Crippen LogP contribution is -2.30. The van der Waals surface area contributed by atoms with Crippen LogP contribution in [-0.4, -0.2) is 37.2 Å². The molecule has 0 N–H and O–H groups in total. The van der Waals surface area contributed by atoms with Crippen molar-refractivity contribution in [3.05, 3.63) is 0 Å². The summed E-state index contributed by atoms with van der Waals surface area (Å²) in [5, 5.41) is 0. The molecule has 0 saturated heterocycles. The molecule has 62 heavy (non-hydrogen) atoms. The lowest BCUT2D eigenvalue weighted by molar-refractivity contribution is -0.167. The van der Waals surface area contributed by atoms with E-state index in [1.165, 1.54) is 212 Å². The van der Waals surface area contributed by atoms with Crippen LogP contribution in [0.4, 0.5) is 0 Å². The van der Waals surface area contributed by atoms with Gasteiger partial charge in [0.15, 0.2) is 6.10 Å². The number of ether oxygens (including phenoxy) is 3. The Morgan fingerprint density at radius 1 is 0.306 bits per heavy atom. The van der Waals surface area contributed by atoms with Gasteiger partial charge in [-0.2, -0.15) is 0 Å². The molecule has 6 heteroatoms. The highest BCUT2D eigenvalue weighted by Crippen LogP contribution is 2.18. The van der Waals surface area contributed by atoms with Gasteiger partial charge in [-0.3, -0.25) is 14.4 Å². The summed E-state index contributed by atoms with van der Waals surface area (Å²) in [6.45, 7) is 9.01. The van der Waals surface area contributed by atoms with Crippen LogP contribution in [0.5, 0.6) is 0 Å². The van der Waals surface area contributed by atoms with Gasteiger partial charge >= 0.3 is 17.9 Å². The predicted molar refractivity (Wildman–Crippen MR) is 266 cm³/mol. The number of carbonyl (C=O) groups is 3. The van der Waals surface area contributed by atoms with E-state index < -0.39 is 6.10 Å². The molecule has 0 rings (SSSR count). The third-order valence-electron chi connectivity index (χ3n) is 12.8. The van der Waals surface area contributed by atoms with Gasteiger partial charge in [0.1, 0.15) is 13.2 Å². The average Bonchev–Trinajstić information content (AvgIpc) is 3.26. The minimum atomic E-state index is -0.761. The summed E-state index contributed by atoms with van der Waals surface area (Å²) in [6.07, 6.45) is 53.8. The van der Waals surface area contributed by atoms with E-state index in [-0.39, 0.29) is 31.1 Å². The lowest BCUT2D eigenvalue weighted by atomic mass is 10.0. The summed E-state index contributed by atoms with van der Waals surface area (Å²) in [7, 11) is 0. The van der Waals surface area contributed by atoms with E-state index in [1.54, 1.807) is 0 Å². The molecule has 0 aromatic heterocycles. The van der Waals surface area contributed by atoms with E-state index in [4.69, 9.17) is 14.2 Å². The van der Waals surface area contributed by atoms with Gasteiger partial charge in [-0.05, 0) is 25.2 Å². The molecule has 0 aliphatic rings. The van der Waals surface area contributed by atoms with E-state index in [0.29, 0.717) is 19.3 Å². The van der Waals surface area contributed by atoms with Gasteiger partial charge in [0.2, 0.25) is 0 Å². The third-order valence-corrected chi connectivity index (χ3v) is 12.8. The van der Waals surface area contributed by atoms with Crippen LogP contribution in [0.3, 0.4) is 0 Å². The van der Waals surface area contributed by atoms with E-state index in [2.05, 4.69) is 27.7 Å². The van der Waals surface area contributed by atoms with Crippen LogP contribution in [0, 0.1) is 5.92 Å². The van der Waals surface area contributed by atoms with Crippen molar-refractivity contribution in [3.63, 3.8) is 0 Å². The van der Waals surface area contributed by atoms with Gasteiger partial charge in [0.05, 0.1) is 0 Å². The SMILES string of the molecule is CCCCCCCCCCCCCCCCCCCCCC(=O)OC[C@H](COC(=O)CCCCCCCCCCC(C)C)OC(=O)CCCCCCCCCCCCCCCC. The molecule has 368 valence electrons. The Bertz CT molecular complexity index is 933. The van der Waals surface area contributed by atoms with Crippen molar-refractivity contribution in [1.82, 2.24) is 0 Å². The Morgan fingerprint density at radius 2 is 0.532 bits per heavy atom. The van der Waals surface area contributed by atoms with Crippen LogP contribution >= 0.6 is 0 Å². The Balaban J connectivity index is 4.25. The highest BCUT2D eigenvalue weighted by atomic mass is 16.6. The van der Waals surface area contributed by atoms with Gasteiger partial charge in [-0.25, -0.2) is 0 Å². The highest BCUT2D eigenvalue weighted by molar-refractivity contribution is 5.71. The highest BCUT2D eigenvalue weighted by Gasteiger charge is 2.19. The Kier molecular flexibility index (Phi) is 49.1. The number of rotatable bonds is 51. The molecule has 0 bridgehead atoms. The van der Waals surface area contributed by atoms with Crippen LogP contribution in [0.15, 0.2) is 0 Å². The van der Waals surface area contributed by atoms with Gasteiger partial charge < -0.3 is 14.2 Å². The van der Waals surface area contributed by atoms with Crippen LogP contribution in [0.2, 0.25) is 0 Å². The fourth-order valence-corrected chi connectivity index (χ4v) is 8.57. The van der Waals surface area contributed by atoms with Crippen LogP contribution < -0.4 is 0 Å². The Morgan fingerprint density at radius 3 is 0.790 bits per heavy atom. The van der Waals surface area contributed by atoms with Crippen LogP contribution in [-0.2, 0) is 28.6 Å². The van der Waals surface area contributed by atoms with Crippen LogP contribution in [0.25, 0.3) is 0 Å². The van der Waals surface area contributed by atoms with Crippen molar-refractivity contribution in [1.29, 1.82) is 0 Å².